The van der Waals surface area contributed by atoms with Gasteiger partial charge in [0.2, 0.25) is 21.8 Å². The molecule has 0 aliphatic heterocycles. The molecule has 3 rings (SSSR count). The standard InChI is InChI=1S/C28H38BrN3O4S/c1-20-11-16-26(18-21(20)2)32(37(4,35)36)17-7-10-27(33)31(19-23-12-14-24(29)15-13-23)22(3)28(34)30-25-8-5-6-9-25/h11-16,18,22,25H,5-10,17,19H2,1-4H3,(H,30,34). The molecule has 2 aromatic carbocycles. The molecule has 0 radical (unpaired) electrons. The molecule has 9 heteroatoms. The first-order valence-electron chi connectivity index (χ1n) is 12.8. The van der Waals surface area contributed by atoms with Crippen LogP contribution < -0.4 is 9.62 Å². The van der Waals surface area contributed by atoms with Crippen LogP contribution >= 0.6 is 15.9 Å². The highest BCUT2D eigenvalue weighted by Crippen LogP contribution is 2.23. The zero-order valence-corrected chi connectivity index (χ0v) is 24.6. The maximum absolute atomic E-state index is 13.4. The molecule has 1 N–H and O–H groups in total. The van der Waals surface area contributed by atoms with Crippen LogP contribution in [0.5, 0.6) is 0 Å². The van der Waals surface area contributed by atoms with Crippen molar-refractivity contribution in [1.82, 2.24) is 10.2 Å². The van der Waals surface area contributed by atoms with Gasteiger partial charge in [-0.25, -0.2) is 8.42 Å². The molecule has 0 aromatic heterocycles. The summed E-state index contributed by atoms with van der Waals surface area (Å²) in [6.45, 7) is 6.17. The summed E-state index contributed by atoms with van der Waals surface area (Å²) < 4.78 is 27.4. The van der Waals surface area contributed by atoms with Crippen molar-refractivity contribution >= 4 is 43.5 Å². The van der Waals surface area contributed by atoms with Gasteiger partial charge in [0.1, 0.15) is 6.04 Å². The van der Waals surface area contributed by atoms with Gasteiger partial charge in [0.25, 0.3) is 0 Å². The van der Waals surface area contributed by atoms with Gasteiger partial charge in [0.15, 0.2) is 0 Å². The summed E-state index contributed by atoms with van der Waals surface area (Å²) in [7, 11) is -3.52. The average molecular weight is 593 g/mol. The Hall–Kier alpha value is -2.39. The Kier molecular flexibility index (Phi) is 10.2. The fourth-order valence-corrected chi connectivity index (χ4v) is 5.87. The molecule has 37 heavy (non-hydrogen) atoms. The van der Waals surface area contributed by atoms with E-state index in [1.165, 1.54) is 10.6 Å². The number of benzene rings is 2. The van der Waals surface area contributed by atoms with E-state index in [1.54, 1.807) is 17.9 Å². The second kappa shape index (κ2) is 12.9. The van der Waals surface area contributed by atoms with Crippen LogP contribution in [0.3, 0.4) is 0 Å². The molecule has 0 spiro atoms. The second-order valence-electron chi connectivity index (χ2n) is 10.0. The summed E-state index contributed by atoms with van der Waals surface area (Å²) in [6.07, 6.45) is 5.81. The maximum Gasteiger partial charge on any atom is 0.242 e. The van der Waals surface area contributed by atoms with E-state index in [2.05, 4.69) is 21.2 Å². The average Bonchev–Trinajstić information content (AvgIpc) is 3.35. The third-order valence-corrected chi connectivity index (χ3v) is 8.79. The van der Waals surface area contributed by atoms with Gasteiger partial charge in [-0.05, 0) is 81.0 Å². The SMILES string of the molecule is Cc1ccc(N(CCCC(=O)N(Cc2ccc(Br)cc2)C(C)C(=O)NC2CCCC2)S(C)(=O)=O)cc1C. The molecular weight excluding hydrogens is 554 g/mol. The largest absolute Gasteiger partial charge is 0.352 e. The van der Waals surface area contributed by atoms with Crippen LogP contribution in [-0.4, -0.2) is 50.0 Å². The van der Waals surface area contributed by atoms with Gasteiger partial charge >= 0.3 is 0 Å². The van der Waals surface area contributed by atoms with Crippen LogP contribution in [0.4, 0.5) is 5.69 Å². The molecule has 1 aliphatic carbocycles. The minimum Gasteiger partial charge on any atom is -0.352 e. The zero-order chi connectivity index (χ0) is 27.2. The lowest BCUT2D eigenvalue weighted by molar-refractivity contribution is -0.141. The summed E-state index contributed by atoms with van der Waals surface area (Å²) >= 11 is 3.43. The van der Waals surface area contributed by atoms with Crippen LogP contribution in [0, 0.1) is 13.8 Å². The Labute approximate surface area is 229 Å². The summed E-state index contributed by atoms with van der Waals surface area (Å²) in [5.41, 5.74) is 3.60. The van der Waals surface area contributed by atoms with E-state index in [1.807, 2.05) is 50.2 Å². The minimum absolute atomic E-state index is 0.133. The number of carbonyl (C=O) groups is 2. The number of anilines is 1. The highest BCUT2D eigenvalue weighted by atomic mass is 79.9. The minimum atomic E-state index is -3.52. The lowest BCUT2D eigenvalue weighted by Gasteiger charge is -2.30. The number of aryl methyl sites for hydroxylation is 2. The molecular formula is C28H38BrN3O4S. The van der Waals surface area contributed by atoms with Crippen molar-refractivity contribution in [3.8, 4) is 0 Å². The van der Waals surface area contributed by atoms with Crippen LogP contribution in [0.1, 0.15) is 62.1 Å². The van der Waals surface area contributed by atoms with Crippen molar-refractivity contribution in [3.63, 3.8) is 0 Å². The lowest BCUT2D eigenvalue weighted by Crippen LogP contribution is -2.49. The predicted octanol–water partition coefficient (Wildman–Crippen LogP) is 5.09. The molecule has 1 aliphatic rings. The summed E-state index contributed by atoms with van der Waals surface area (Å²) in [6, 6.07) is 12.8. The number of amides is 2. The number of sulfonamides is 1. The first kappa shape index (κ1) is 29.2. The van der Waals surface area contributed by atoms with Crippen molar-refractivity contribution in [1.29, 1.82) is 0 Å². The molecule has 1 unspecified atom stereocenters. The topological polar surface area (TPSA) is 86.8 Å². The van der Waals surface area contributed by atoms with Gasteiger partial charge in [-0.1, -0.05) is 47.0 Å². The Morgan fingerprint density at radius 2 is 1.70 bits per heavy atom. The maximum atomic E-state index is 13.4. The summed E-state index contributed by atoms with van der Waals surface area (Å²) in [5.74, 6) is -0.323. The molecule has 0 saturated heterocycles. The quantitative estimate of drug-likeness (QED) is 0.394. The summed E-state index contributed by atoms with van der Waals surface area (Å²) in [5, 5.41) is 3.11. The fraction of sp³-hybridized carbons (Fsp3) is 0.500. The second-order valence-corrected chi connectivity index (χ2v) is 12.8. The fourth-order valence-electron chi connectivity index (χ4n) is 4.65. The number of rotatable bonds is 11. The van der Waals surface area contributed by atoms with E-state index in [0.29, 0.717) is 18.7 Å². The normalized spacial score (nSPS) is 14.8. The Bertz CT molecular complexity index is 1190. The van der Waals surface area contributed by atoms with E-state index < -0.39 is 16.1 Å². The van der Waals surface area contributed by atoms with Crippen molar-refractivity contribution in [3.05, 3.63) is 63.6 Å². The number of nitrogens with zero attached hydrogens (tertiary/aromatic N) is 2. The third-order valence-electron chi connectivity index (χ3n) is 7.07. The molecule has 1 fully saturated rings. The Balaban J connectivity index is 1.72. The zero-order valence-electron chi connectivity index (χ0n) is 22.2. The van der Waals surface area contributed by atoms with Gasteiger partial charge < -0.3 is 10.2 Å². The molecule has 2 aromatic rings. The molecule has 202 valence electrons. The van der Waals surface area contributed by atoms with Crippen molar-refractivity contribution < 1.29 is 18.0 Å². The number of nitrogens with one attached hydrogen (secondary N) is 1. The highest BCUT2D eigenvalue weighted by molar-refractivity contribution is 9.10. The van der Waals surface area contributed by atoms with Gasteiger partial charge in [0, 0.05) is 30.0 Å². The highest BCUT2D eigenvalue weighted by Gasteiger charge is 2.28. The van der Waals surface area contributed by atoms with Crippen molar-refractivity contribution in [2.24, 2.45) is 0 Å². The van der Waals surface area contributed by atoms with Crippen LogP contribution in [0.2, 0.25) is 0 Å². The van der Waals surface area contributed by atoms with Gasteiger partial charge in [-0.3, -0.25) is 13.9 Å². The molecule has 1 atom stereocenters. The smallest absolute Gasteiger partial charge is 0.242 e. The predicted molar refractivity (Wildman–Crippen MR) is 152 cm³/mol. The monoisotopic (exact) mass is 591 g/mol. The van der Waals surface area contributed by atoms with Crippen LogP contribution in [0.15, 0.2) is 46.9 Å². The van der Waals surface area contributed by atoms with Gasteiger partial charge in [-0.15, -0.1) is 0 Å². The van der Waals surface area contributed by atoms with E-state index >= 15 is 0 Å². The van der Waals surface area contributed by atoms with E-state index in [9.17, 15) is 18.0 Å². The van der Waals surface area contributed by atoms with E-state index in [-0.39, 0.29) is 30.8 Å². The number of hydrogen-bond acceptors (Lipinski definition) is 4. The van der Waals surface area contributed by atoms with Crippen molar-refractivity contribution in [2.75, 3.05) is 17.1 Å². The number of carbonyl (C=O) groups excluding carboxylic acids is 2. The first-order chi connectivity index (χ1) is 17.5. The van der Waals surface area contributed by atoms with Crippen LogP contribution in [0.25, 0.3) is 0 Å². The molecule has 7 nitrogen and oxygen atoms in total. The molecule has 0 heterocycles. The molecule has 0 bridgehead atoms. The molecule has 1 saturated carbocycles. The Morgan fingerprint density at radius 1 is 1.05 bits per heavy atom. The third kappa shape index (κ3) is 8.30. The number of halogens is 1. The van der Waals surface area contributed by atoms with Gasteiger partial charge in [0.05, 0.1) is 11.9 Å². The van der Waals surface area contributed by atoms with Crippen molar-refractivity contribution in [2.45, 2.75) is 77.9 Å². The van der Waals surface area contributed by atoms with Crippen LogP contribution in [-0.2, 0) is 26.2 Å². The van der Waals surface area contributed by atoms with E-state index in [0.717, 1.165) is 46.8 Å². The first-order valence-corrected chi connectivity index (χ1v) is 15.5. The number of hydrogen-bond donors (Lipinski definition) is 1. The summed E-state index contributed by atoms with van der Waals surface area (Å²) in [4.78, 5) is 28.1. The lowest BCUT2D eigenvalue weighted by atomic mass is 10.1. The molecule has 2 amide bonds. The van der Waals surface area contributed by atoms with E-state index in [4.69, 9.17) is 0 Å². The van der Waals surface area contributed by atoms with Gasteiger partial charge in [-0.2, -0.15) is 0 Å². The Morgan fingerprint density at radius 3 is 2.30 bits per heavy atom.